The van der Waals surface area contributed by atoms with Crippen molar-refractivity contribution in [1.29, 1.82) is 0 Å². The van der Waals surface area contributed by atoms with Crippen molar-refractivity contribution in [2.75, 3.05) is 13.2 Å². The van der Waals surface area contributed by atoms with E-state index in [1.807, 2.05) is 0 Å². The maximum absolute atomic E-state index is 13.0. The molecule has 1 aliphatic heterocycles. The molecule has 0 aliphatic carbocycles. The molecule has 0 spiro atoms. The first-order chi connectivity index (χ1) is 13.1. The van der Waals surface area contributed by atoms with Crippen LogP contribution in [0.15, 0.2) is 29.9 Å². The van der Waals surface area contributed by atoms with Crippen LogP contribution in [0.3, 0.4) is 0 Å². The Kier molecular flexibility index (Phi) is 4.84. The number of rotatable bonds is 4. The highest BCUT2D eigenvalue weighted by Crippen LogP contribution is 2.35. The molecule has 4 heterocycles. The van der Waals surface area contributed by atoms with Crippen LogP contribution < -0.4 is 0 Å². The molecule has 0 unspecified atom stereocenters. The fourth-order valence-corrected chi connectivity index (χ4v) is 4.32. The van der Waals surface area contributed by atoms with Crippen LogP contribution in [0.4, 0.5) is 0 Å². The predicted octanol–water partition coefficient (Wildman–Crippen LogP) is 3.60. The van der Waals surface area contributed by atoms with Crippen LogP contribution in [-0.2, 0) is 4.74 Å². The van der Waals surface area contributed by atoms with Gasteiger partial charge in [0.1, 0.15) is 16.3 Å². The highest BCUT2D eigenvalue weighted by molar-refractivity contribution is 7.09. The summed E-state index contributed by atoms with van der Waals surface area (Å²) >= 11 is 7.37. The number of amides is 1. The summed E-state index contributed by atoms with van der Waals surface area (Å²) in [7, 11) is 0. The Hall–Kier alpha value is -2.45. The molecule has 7 nitrogen and oxygen atoms in total. The van der Waals surface area contributed by atoms with Crippen molar-refractivity contribution < 1.29 is 14.3 Å². The van der Waals surface area contributed by atoms with Gasteiger partial charge in [-0.25, -0.2) is 14.8 Å². The Balaban J connectivity index is 1.58. The summed E-state index contributed by atoms with van der Waals surface area (Å²) in [6.07, 6.45) is 5.09. The van der Waals surface area contributed by atoms with Crippen molar-refractivity contribution in [2.24, 2.45) is 0 Å². The fraction of sp³-hybridized carbons (Fsp3) is 0.333. The summed E-state index contributed by atoms with van der Waals surface area (Å²) in [5.41, 5.74) is 1.32. The molecule has 1 amide bonds. The van der Waals surface area contributed by atoms with Gasteiger partial charge in [-0.05, 0) is 31.9 Å². The number of aromatic nitrogens is 3. The average molecular weight is 405 g/mol. The lowest BCUT2D eigenvalue weighted by Crippen LogP contribution is -2.30. The van der Waals surface area contributed by atoms with E-state index in [9.17, 15) is 9.59 Å². The van der Waals surface area contributed by atoms with Crippen molar-refractivity contribution in [3.05, 3.63) is 51.3 Å². The number of carbonyl (C=O) groups is 2. The zero-order valence-electron chi connectivity index (χ0n) is 14.6. The van der Waals surface area contributed by atoms with Gasteiger partial charge >= 0.3 is 5.97 Å². The number of esters is 1. The second kappa shape index (κ2) is 7.28. The van der Waals surface area contributed by atoms with Gasteiger partial charge in [0.15, 0.2) is 5.69 Å². The number of thiazole rings is 1. The molecule has 0 saturated carbocycles. The Labute approximate surface area is 164 Å². The maximum Gasteiger partial charge on any atom is 0.357 e. The monoisotopic (exact) mass is 404 g/mol. The molecule has 0 N–H and O–H groups in total. The van der Waals surface area contributed by atoms with E-state index < -0.39 is 5.97 Å². The van der Waals surface area contributed by atoms with Crippen LogP contribution >= 0.6 is 22.9 Å². The summed E-state index contributed by atoms with van der Waals surface area (Å²) in [6, 6.07) is 3.36. The summed E-state index contributed by atoms with van der Waals surface area (Å²) in [4.78, 5) is 35.5. The van der Waals surface area contributed by atoms with E-state index in [2.05, 4.69) is 9.97 Å². The molecule has 1 saturated heterocycles. The van der Waals surface area contributed by atoms with Crippen LogP contribution in [0.25, 0.3) is 5.65 Å². The molecule has 0 aromatic carbocycles. The van der Waals surface area contributed by atoms with E-state index >= 15 is 0 Å². The first kappa shape index (κ1) is 17.9. The molecule has 1 aliphatic rings. The SMILES string of the molecule is CCOC(=O)c1csc([C@@H]2CCCN2C(=O)c2cn3cc(Cl)ccc3n2)n1. The lowest BCUT2D eigenvalue weighted by Gasteiger charge is -2.22. The Morgan fingerprint density at radius 2 is 2.15 bits per heavy atom. The van der Waals surface area contributed by atoms with E-state index in [0.717, 1.165) is 17.8 Å². The largest absolute Gasteiger partial charge is 0.461 e. The standard InChI is InChI=1S/C18H17ClN4O3S/c1-2-26-18(25)13-10-27-16(21-13)14-4-3-7-23(14)17(24)12-9-22-8-11(19)5-6-15(22)20-12/h5-6,8-10,14H,2-4,7H2,1H3/t14-/m0/s1. The van der Waals surface area contributed by atoms with Crippen LogP contribution in [0.1, 0.15) is 51.8 Å². The third-order valence-electron chi connectivity index (χ3n) is 4.44. The van der Waals surface area contributed by atoms with Crippen molar-refractivity contribution in [3.8, 4) is 0 Å². The number of halogens is 1. The Morgan fingerprint density at radius 3 is 2.96 bits per heavy atom. The lowest BCUT2D eigenvalue weighted by atomic mass is 10.2. The quantitative estimate of drug-likeness (QED) is 0.621. The Bertz CT molecular complexity index is 1020. The number of hydrogen-bond donors (Lipinski definition) is 0. The molecule has 1 atom stereocenters. The number of carbonyl (C=O) groups excluding carboxylic acids is 2. The average Bonchev–Trinajstić information content (AvgIpc) is 3.38. The van der Waals surface area contributed by atoms with E-state index in [-0.39, 0.29) is 11.9 Å². The molecule has 140 valence electrons. The van der Waals surface area contributed by atoms with Gasteiger partial charge in [0, 0.05) is 24.3 Å². The number of fused-ring (bicyclic) bond motifs is 1. The van der Waals surface area contributed by atoms with E-state index in [1.165, 1.54) is 11.3 Å². The van der Waals surface area contributed by atoms with Gasteiger partial charge in [-0.15, -0.1) is 11.3 Å². The smallest absolute Gasteiger partial charge is 0.357 e. The second-order valence-electron chi connectivity index (χ2n) is 6.19. The minimum Gasteiger partial charge on any atom is -0.461 e. The number of hydrogen-bond acceptors (Lipinski definition) is 6. The van der Waals surface area contributed by atoms with Crippen molar-refractivity contribution in [2.45, 2.75) is 25.8 Å². The van der Waals surface area contributed by atoms with E-state index in [1.54, 1.807) is 46.1 Å². The van der Waals surface area contributed by atoms with Crippen LogP contribution in [0, 0.1) is 0 Å². The van der Waals surface area contributed by atoms with Gasteiger partial charge in [0.05, 0.1) is 17.7 Å². The molecular formula is C18H17ClN4O3S. The summed E-state index contributed by atoms with van der Waals surface area (Å²) in [6.45, 7) is 2.69. The third kappa shape index (κ3) is 3.42. The molecule has 1 fully saturated rings. The first-order valence-electron chi connectivity index (χ1n) is 8.64. The number of nitrogens with zero attached hydrogens (tertiary/aromatic N) is 4. The Morgan fingerprint density at radius 1 is 1.30 bits per heavy atom. The molecule has 0 bridgehead atoms. The van der Waals surface area contributed by atoms with Gasteiger partial charge in [-0.3, -0.25) is 4.79 Å². The summed E-state index contributed by atoms with van der Waals surface area (Å²) in [5, 5.41) is 3.00. The molecule has 0 radical (unpaired) electrons. The topological polar surface area (TPSA) is 76.8 Å². The van der Waals surface area contributed by atoms with E-state index in [0.29, 0.717) is 35.2 Å². The normalized spacial score (nSPS) is 16.8. The second-order valence-corrected chi connectivity index (χ2v) is 7.51. The number of likely N-dealkylation sites (tertiary alicyclic amines) is 1. The molecular weight excluding hydrogens is 388 g/mol. The molecule has 27 heavy (non-hydrogen) atoms. The molecule has 9 heteroatoms. The molecule has 3 aromatic heterocycles. The van der Waals surface area contributed by atoms with Crippen molar-refractivity contribution in [3.63, 3.8) is 0 Å². The minimum absolute atomic E-state index is 0.148. The van der Waals surface area contributed by atoms with Crippen LogP contribution in [0.5, 0.6) is 0 Å². The maximum atomic E-state index is 13.0. The molecule has 4 rings (SSSR count). The first-order valence-corrected chi connectivity index (χ1v) is 9.90. The van der Waals surface area contributed by atoms with Crippen LogP contribution in [0.2, 0.25) is 5.02 Å². The number of ether oxygens (including phenoxy) is 1. The van der Waals surface area contributed by atoms with Gasteiger partial charge in [-0.2, -0.15) is 0 Å². The lowest BCUT2D eigenvalue weighted by molar-refractivity contribution is 0.0520. The van der Waals surface area contributed by atoms with Gasteiger partial charge < -0.3 is 14.0 Å². The third-order valence-corrected chi connectivity index (χ3v) is 5.61. The number of imidazole rings is 1. The van der Waals surface area contributed by atoms with Gasteiger partial charge in [-0.1, -0.05) is 11.6 Å². The minimum atomic E-state index is -0.437. The highest BCUT2D eigenvalue weighted by Gasteiger charge is 2.34. The molecule has 3 aromatic rings. The van der Waals surface area contributed by atoms with E-state index in [4.69, 9.17) is 16.3 Å². The summed E-state index contributed by atoms with van der Waals surface area (Å²) < 4.78 is 6.73. The van der Waals surface area contributed by atoms with Crippen LogP contribution in [-0.4, -0.2) is 44.3 Å². The zero-order chi connectivity index (χ0) is 19.0. The fourth-order valence-electron chi connectivity index (χ4n) is 3.22. The van der Waals surface area contributed by atoms with Gasteiger partial charge in [0.2, 0.25) is 0 Å². The predicted molar refractivity (Wildman–Crippen MR) is 101 cm³/mol. The number of pyridine rings is 1. The van der Waals surface area contributed by atoms with Gasteiger partial charge in [0.25, 0.3) is 5.91 Å². The van der Waals surface area contributed by atoms with Crippen molar-refractivity contribution in [1.82, 2.24) is 19.3 Å². The summed E-state index contributed by atoms with van der Waals surface area (Å²) in [5.74, 6) is -0.585. The zero-order valence-corrected chi connectivity index (χ0v) is 16.2. The van der Waals surface area contributed by atoms with Crippen molar-refractivity contribution >= 4 is 40.5 Å². The highest BCUT2D eigenvalue weighted by atomic mass is 35.5.